The summed E-state index contributed by atoms with van der Waals surface area (Å²) < 4.78 is 13.5. The van der Waals surface area contributed by atoms with E-state index in [0.717, 1.165) is 36.2 Å². The first-order valence-corrected chi connectivity index (χ1v) is 6.47. The van der Waals surface area contributed by atoms with Crippen LogP contribution in [0.2, 0.25) is 0 Å². The number of nitrogens with zero attached hydrogens (tertiary/aromatic N) is 2. The van der Waals surface area contributed by atoms with Gasteiger partial charge in [-0.25, -0.2) is 4.98 Å². The molecule has 1 fully saturated rings. The molecule has 96 valence electrons. The second kappa shape index (κ2) is 5.08. The van der Waals surface area contributed by atoms with Gasteiger partial charge in [-0.15, -0.1) is 0 Å². The lowest BCUT2D eigenvalue weighted by Crippen LogP contribution is -2.22. The molecule has 2 aromatic rings. The molecule has 1 saturated heterocycles. The van der Waals surface area contributed by atoms with E-state index in [9.17, 15) is 0 Å². The van der Waals surface area contributed by atoms with Crippen LogP contribution in [0.1, 0.15) is 25.0 Å². The van der Waals surface area contributed by atoms with Crippen LogP contribution < -0.4 is 0 Å². The summed E-state index contributed by atoms with van der Waals surface area (Å²) in [4.78, 5) is 4.37. The standard InChI is InChI=1S/C14H18N2O2/c1-16-12(9-11-5-4-7-15-14(11)16)10-18-13-6-2-3-8-17-13/h4-5,7,9,13H,2-3,6,8,10H2,1H3. The number of hydrogen-bond donors (Lipinski definition) is 0. The Morgan fingerprint density at radius 1 is 1.50 bits per heavy atom. The van der Waals surface area contributed by atoms with Gasteiger partial charge in [0.2, 0.25) is 0 Å². The van der Waals surface area contributed by atoms with Crippen molar-refractivity contribution in [3.63, 3.8) is 0 Å². The van der Waals surface area contributed by atoms with Crippen molar-refractivity contribution in [3.05, 3.63) is 30.1 Å². The van der Waals surface area contributed by atoms with Gasteiger partial charge in [0.1, 0.15) is 5.65 Å². The minimum atomic E-state index is -0.0373. The van der Waals surface area contributed by atoms with Crippen LogP contribution in [0.4, 0.5) is 0 Å². The van der Waals surface area contributed by atoms with Gasteiger partial charge >= 0.3 is 0 Å². The second-order valence-corrected chi connectivity index (χ2v) is 4.72. The van der Waals surface area contributed by atoms with Crippen molar-refractivity contribution < 1.29 is 9.47 Å². The molecule has 2 aromatic heterocycles. The molecule has 0 bridgehead atoms. The number of hydrogen-bond acceptors (Lipinski definition) is 3. The molecular weight excluding hydrogens is 228 g/mol. The Kier molecular flexibility index (Phi) is 3.30. The summed E-state index contributed by atoms with van der Waals surface area (Å²) in [5, 5.41) is 1.16. The minimum Gasteiger partial charge on any atom is -0.353 e. The molecule has 0 N–H and O–H groups in total. The smallest absolute Gasteiger partial charge is 0.158 e. The van der Waals surface area contributed by atoms with Crippen molar-refractivity contribution in [1.82, 2.24) is 9.55 Å². The topological polar surface area (TPSA) is 36.3 Å². The Morgan fingerprint density at radius 2 is 2.44 bits per heavy atom. The molecule has 18 heavy (non-hydrogen) atoms. The van der Waals surface area contributed by atoms with Gasteiger partial charge in [0, 0.05) is 30.9 Å². The van der Waals surface area contributed by atoms with E-state index in [0.29, 0.717) is 6.61 Å². The molecular formula is C14H18N2O2. The van der Waals surface area contributed by atoms with Crippen LogP contribution >= 0.6 is 0 Å². The fraction of sp³-hybridized carbons (Fsp3) is 0.500. The molecule has 4 heteroatoms. The summed E-state index contributed by atoms with van der Waals surface area (Å²) in [6, 6.07) is 6.16. The number of ether oxygens (including phenoxy) is 2. The third-order valence-electron chi connectivity index (χ3n) is 3.44. The van der Waals surface area contributed by atoms with Crippen molar-refractivity contribution in [2.45, 2.75) is 32.2 Å². The summed E-state index contributed by atoms with van der Waals surface area (Å²) in [5.74, 6) is 0. The van der Waals surface area contributed by atoms with Gasteiger partial charge in [-0.3, -0.25) is 0 Å². The van der Waals surface area contributed by atoms with E-state index in [4.69, 9.17) is 9.47 Å². The zero-order valence-electron chi connectivity index (χ0n) is 10.6. The van der Waals surface area contributed by atoms with Gasteiger partial charge < -0.3 is 14.0 Å². The molecule has 1 atom stereocenters. The van der Waals surface area contributed by atoms with E-state index < -0.39 is 0 Å². The highest BCUT2D eigenvalue weighted by molar-refractivity contribution is 5.77. The first-order valence-electron chi connectivity index (χ1n) is 6.47. The second-order valence-electron chi connectivity index (χ2n) is 4.72. The highest BCUT2D eigenvalue weighted by Gasteiger charge is 2.15. The Bertz CT molecular complexity index is 530. The van der Waals surface area contributed by atoms with E-state index in [-0.39, 0.29) is 6.29 Å². The van der Waals surface area contributed by atoms with Gasteiger partial charge in [0.25, 0.3) is 0 Å². The molecule has 0 aliphatic carbocycles. The van der Waals surface area contributed by atoms with Crippen LogP contribution in [0.3, 0.4) is 0 Å². The SMILES string of the molecule is Cn1c(COC2CCCCO2)cc2cccnc21. The van der Waals surface area contributed by atoms with Crippen LogP contribution in [0, 0.1) is 0 Å². The average Bonchev–Trinajstić information content (AvgIpc) is 2.75. The molecule has 0 spiro atoms. The zero-order valence-corrected chi connectivity index (χ0v) is 10.6. The first-order chi connectivity index (χ1) is 8.84. The number of pyridine rings is 1. The quantitative estimate of drug-likeness (QED) is 0.835. The van der Waals surface area contributed by atoms with E-state index in [2.05, 4.69) is 21.7 Å². The fourth-order valence-corrected chi connectivity index (χ4v) is 2.37. The van der Waals surface area contributed by atoms with Crippen molar-refractivity contribution >= 4 is 11.0 Å². The maximum absolute atomic E-state index is 5.81. The van der Waals surface area contributed by atoms with Crippen LogP contribution in [0.5, 0.6) is 0 Å². The molecule has 1 aliphatic rings. The summed E-state index contributed by atoms with van der Waals surface area (Å²) in [6.07, 6.45) is 5.13. The molecule has 0 amide bonds. The van der Waals surface area contributed by atoms with Crippen molar-refractivity contribution in [3.8, 4) is 0 Å². The average molecular weight is 246 g/mol. The normalized spacial score (nSPS) is 20.4. The Hall–Kier alpha value is -1.39. The lowest BCUT2D eigenvalue weighted by molar-refractivity contribution is -0.169. The van der Waals surface area contributed by atoms with Gasteiger partial charge in [-0.2, -0.15) is 0 Å². The summed E-state index contributed by atoms with van der Waals surface area (Å²) in [5.41, 5.74) is 2.14. The number of aromatic nitrogens is 2. The van der Waals surface area contributed by atoms with Gasteiger partial charge in [0.05, 0.1) is 6.61 Å². The van der Waals surface area contributed by atoms with E-state index in [1.54, 1.807) is 0 Å². The predicted molar refractivity (Wildman–Crippen MR) is 69.1 cm³/mol. The van der Waals surface area contributed by atoms with E-state index >= 15 is 0 Å². The summed E-state index contributed by atoms with van der Waals surface area (Å²) >= 11 is 0. The number of rotatable bonds is 3. The largest absolute Gasteiger partial charge is 0.353 e. The molecule has 0 radical (unpaired) electrons. The molecule has 4 nitrogen and oxygen atoms in total. The Morgan fingerprint density at radius 3 is 3.22 bits per heavy atom. The first kappa shape index (κ1) is 11.7. The minimum absolute atomic E-state index is 0.0373. The molecule has 3 heterocycles. The zero-order chi connectivity index (χ0) is 12.4. The Balaban J connectivity index is 1.72. The third kappa shape index (κ3) is 2.26. The lowest BCUT2D eigenvalue weighted by Gasteiger charge is -2.22. The highest BCUT2D eigenvalue weighted by Crippen LogP contribution is 2.19. The molecule has 1 unspecified atom stereocenters. The van der Waals surface area contributed by atoms with E-state index in [1.807, 2.05) is 19.3 Å². The Labute approximate surface area is 107 Å². The monoisotopic (exact) mass is 246 g/mol. The lowest BCUT2D eigenvalue weighted by atomic mass is 10.2. The van der Waals surface area contributed by atoms with Gasteiger partial charge in [-0.05, 0) is 37.5 Å². The number of fused-ring (bicyclic) bond motifs is 1. The maximum Gasteiger partial charge on any atom is 0.158 e. The third-order valence-corrected chi connectivity index (χ3v) is 3.44. The van der Waals surface area contributed by atoms with Crippen LogP contribution in [0.15, 0.2) is 24.4 Å². The van der Waals surface area contributed by atoms with E-state index in [1.165, 1.54) is 6.42 Å². The van der Waals surface area contributed by atoms with Crippen LogP contribution in [-0.2, 0) is 23.1 Å². The van der Waals surface area contributed by atoms with Crippen molar-refractivity contribution in [2.24, 2.45) is 7.05 Å². The number of aryl methyl sites for hydroxylation is 1. The molecule has 0 saturated carbocycles. The van der Waals surface area contributed by atoms with Gasteiger partial charge in [-0.1, -0.05) is 0 Å². The summed E-state index contributed by atoms with van der Waals surface area (Å²) in [6.45, 7) is 1.40. The predicted octanol–water partition coefficient (Wildman–Crippen LogP) is 2.62. The van der Waals surface area contributed by atoms with Crippen molar-refractivity contribution in [1.29, 1.82) is 0 Å². The van der Waals surface area contributed by atoms with Gasteiger partial charge in [0.15, 0.2) is 6.29 Å². The summed E-state index contributed by atoms with van der Waals surface area (Å²) in [7, 11) is 2.02. The maximum atomic E-state index is 5.81. The van der Waals surface area contributed by atoms with Crippen LogP contribution in [0.25, 0.3) is 11.0 Å². The molecule has 0 aromatic carbocycles. The van der Waals surface area contributed by atoms with Crippen molar-refractivity contribution in [2.75, 3.05) is 6.61 Å². The fourth-order valence-electron chi connectivity index (χ4n) is 2.37. The highest BCUT2D eigenvalue weighted by atomic mass is 16.7. The van der Waals surface area contributed by atoms with Crippen LogP contribution in [-0.4, -0.2) is 22.4 Å². The molecule has 3 rings (SSSR count). The molecule has 1 aliphatic heterocycles.